The van der Waals surface area contributed by atoms with E-state index in [1.54, 1.807) is 23.0 Å². The molecule has 3 N–H and O–H groups in total. The first-order chi connectivity index (χ1) is 16.0. The summed E-state index contributed by atoms with van der Waals surface area (Å²) in [6.07, 6.45) is 4.54. The quantitative estimate of drug-likeness (QED) is 0.341. The number of aliphatic carboxylic acids is 1. The number of nitrogens with zero attached hydrogens (tertiary/aromatic N) is 4. The highest BCUT2D eigenvalue weighted by atomic mass is 19.1. The number of aryl methyl sites for hydroxylation is 1. The summed E-state index contributed by atoms with van der Waals surface area (Å²) in [6, 6.07) is 11.5. The van der Waals surface area contributed by atoms with E-state index in [0.29, 0.717) is 18.5 Å². The van der Waals surface area contributed by atoms with Gasteiger partial charge in [0.1, 0.15) is 11.5 Å². The number of aromatic amines is 1. The summed E-state index contributed by atoms with van der Waals surface area (Å²) in [5, 5.41) is 28.4. The first-order valence-corrected chi connectivity index (χ1v) is 10.6. The van der Waals surface area contributed by atoms with Gasteiger partial charge in [-0.2, -0.15) is 5.10 Å². The van der Waals surface area contributed by atoms with Crippen LogP contribution in [0.1, 0.15) is 18.4 Å². The van der Waals surface area contributed by atoms with Crippen LogP contribution in [-0.2, 0) is 22.6 Å². The molecule has 4 aromatic rings. The zero-order chi connectivity index (χ0) is 23.2. The van der Waals surface area contributed by atoms with Crippen molar-refractivity contribution in [2.75, 3.05) is 6.54 Å². The predicted molar refractivity (Wildman–Crippen MR) is 119 cm³/mol. The molecule has 0 spiro atoms. The molecular weight excluding hydrogens is 427 g/mol. The van der Waals surface area contributed by atoms with Gasteiger partial charge in [0.25, 0.3) is 0 Å². The minimum atomic E-state index is -1.01. The first-order valence-electron chi connectivity index (χ1n) is 10.6. The lowest BCUT2D eigenvalue weighted by molar-refractivity contribution is -0.141. The van der Waals surface area contributed by atoms with Crippen LogP contribution in [0.4, 0.5) is 4.39 Å². The fraction of sp³-hybridized carbons (Fsp3) is 0.261. The third-order valence-corrected chi connectivity index (χ3v) is 5.38. The van der Waals surface area contributed by atoms with E-state index in [4.69, 9.17) is 0 Å². The Morgan fingerprint density at radius 3 is 2.79 bits per heavy atom. The Labute approximate surface area is 188 Å². The van der Waals surface area contributed by atoms with Crippen LogP contribution in [0.15, 0.2) is 54.9 Å². The van der Waals surface area contributed by atoms with Crippen LogP contribution in [0.3, 0.4) is 0 Å². The van der Waals surface area contributed by atoms with Crippen molar-refractivity contribution < 1.29 is 19.1 Å². The second-order valence-corrected chi connectivity index (χ2v) is 7.78. The van der Waals surface area contributed by atoms with Gasteiger partial charge in [-0.15, -0.1) is 5.10 Å². The minimum Gasteiger partial charge on any atom is -0.481 e. The molecule has 1 unspecified atom stereocenters. The smallest absolute Gasteiger partial charge is 0.308 e. The molecule has 170 valence electrons. The number of H-pyrrole nitrogens is 1. The van der Waals surface area contributed by atoms with E-state index in [9.17, 15) is 19.1 Å². The van der Waals surface area contributed by atoms with Crippen molar-refractivity contribution in [3.8, 4) is 11.3 Å². The fourth-order valence-corrected chi connectivity index (χ4v) is 3.60. The summed E-state index contributed by atoms with van der Waals surface area (Å²) in [4.78, 5) is 23.7. The monoisotopic (exact) mass is 450 g/mol. The Morgan fingerprint density at radius 1 is 1.18 bits per heavy atom. The highest BCUT2D eigenvalue weighted by Gasteiger charge is 2.19. The van der Waals surface area contributed by atoms with E-state index in [1.165, 1.54) is 12.1 Å². The van der Waals surface area contributed by atoms with Crippen molar-refractivity contribution in [3.05, 3.63) is 66.2 Å². The van der Waals surface area contributed by atoms with Crippen LogP contribution in [-0.4, -0.2) is 48.7 Å². The number of carboxylic acids is 1. The Hall–Kier alpha value is -4.08. The van der Waals surface area contributed by atoms with Crippen LogP contribution >= 0.6 is 0 Å². The molecule has 0 aliphatic heterocycles. The zero-order valence-corrected chi connectivity index (χ0v) is 17.7. The lowest BCUT2D eigenvalue weighted by atomic mass is 9.99. The molecule has 0 bridgehead atoms. The van der Waals surface area contributed by atoms with Crippen LogP contribution in [0, 0.1) is 11.7 Å². The van der Waals surface area contributed by atoms with Gasteiger partial charge in [0.05, 0.1) is 23.8 Å². The number of fused-ring (bicyclic) bond motifs is 1. The second kappa shape index (κ2) is 10.0. The topological polar surface area (TPSA) is 126 Å². The number of hydrogen-bond donors (Lipinski definition) is 3. The molecule has 2 aromatic heterocycles. The Balaban J connectivity index is 1.25. The molecule has 0 aliphatic rings. The normalized spacial score (nSPS) is 12.0. The highest BCUT2D eigenvalue weighted by Crippen LogP contribution is 2.25. The van der Waals surface area contributed by atoms with Crippen molar-refractivity contribution in [2.45, 2.75) is 25.8 Å². The summed E-state index contributed by atoms with van der Waals surface area (Å²) >= 11 is 0. The molecule has 0 saturated carbocycles. The Kier molecular flexibility index (Phi) is 6.72. The second-order valence-electron chi connectivity index (χ2n) is 7.78. The molecule has 0 radical (unpaired) electrons. The number of halogens is 1. The van der Waals surface area contributed by atoms with Crippen molar-refractivity contribution >= 4 is 22.8 Å². The van der Waals surface area contributed by atoms with Crippen molar-refractivity contribution in [1.82, 2.24) is 30.5 Å². The van der Waals surface area contributed by atoms with Gasteiger partial charge in [0.2, 0.25) is 5.91 Å². The van der Waals surface area contributed by atoms with Crippen molar-refractivity contribution in [2.24, 2.45) is 5.92 Å². The molecule has 1 amide bonds. The molecular formula is C23H23FN6O3. The number of nitrogens with one attached hydrogen (secondary N) is 2. The summed E-state index contributed by atoms with van der Waals surface area (Å²) < 4.78 is 14.7. The third-order valence-electron chi connectivity index (χ3n) is 5.38. The number of carbonyl (C=O) groups is 2. The van der Waals surface area contributed by atoms with Gasteiger partial charge in [-0.3, -0.25) is 19.4 Å². The standard InChI is InChI=1S/C23H23FN6O3/c24-17-8-6-15(7-9-17)11-16(23(32)33)12-25-22(31)5-2-10-30-14-21(28-29-30)18-3-1-4-20-19(18)13-26-27-20/h1,3-4,6-9,13-14,16H,2,5,10-12H2,(H,25,31)(H,26,27)(H,32,33). The van der Waals surface area contributed by atoms with E-state index in [-0.39, 0.29) is 31.1 Å². The number of amides is 1. The maximum Gasteiger partial charge on any atom is 0.308 e. The molecule has 1 atom stereocenters. The highest BCUT2D eigenvalue weighted by molar-refractivity contribution is 5.92. The number of hydrogen-bond acceptors (Lipinski definition) is 5. The van der Waals surface area contributed by atoms with Crippen LogP contribution in [0.2, 0.25) is 0 Å². The maximum atomic E-state index is 13.0. The molecule has 2 aromatic carbocycles. The van der Waals surface area contributed by atoms with E-state index in [1.807, 2.05) is 24.4 Å². The van der Waals surface area contributed by atoms with Crippen LogP contribution in [0.5, 0.6) is 0 Å². The summed E-state index contributed by atoms with van der Waals surface area (Å²) in [7, 11) is 0. The zero-order valence-electron chi connectivity index (χ0n) is 17.7. The average molecular weight is 450 g/mol. The molecule has 9 nitrogen and oxygen atoms in total. The fourth-order valence-electron chi connectivity index (χ4n) is 3.60. The first kappa shape index (κ1) is 22.1. The van der Waals surface area contributed by atoms with Crippen molar-refractivity contribution in [1.29, 1.82) is 0 Å². The van der Waals surface area contributed by atoms with Gasteiger partial charge < -0.3 is 10.4 Å². The number of carbonyl (C=O) groups excluding carboxylic acids is 1. The third kappa shape index (κ3) is 5.59. The predicted octanol–water partition coefficient (Wildman–Crippen LogP) is 2.80. The molecule has 0 aliphatic carbocycles. The summed E-state index contributed by atoms with van der Waals surface area (Å²) in [6.45, 7) is 0.507. The van der Waals surface area contributed by atoms with Gasteiger partial charge >= 0.3 is 5.97 Å². The molecule has 0 saturated heterocycles. The Morgan fingerprint density at radius 2 is 2.00 bits per heavy atom. The van der Waals surface area contributed by atoms with Gasteiger partial charge in [0, 0.05) is 30.5 Å². The van der Waals surface area contributed by atoms with Crippen molar-refractivity contribution in [3.63, 3.8) is 0 Å². The van der Waals surface area contributed by atoms with Crippen LogP contribution < -0.4 is 5.32 Å². The Bertz CT molecular complexity index is 1250. The number of benzene rings is 2. The van der Waals surface area contributed by atoms with E-state index >= 15 is 0 Å². The molecule has 10 heteroatoms. The van der Waals surface area contributed by atoms with Gasteiger partial charge in [0.15, 0.2) is 0 Å². The molecule has 33 heavy (non-hydrogen) atoms. The number of rotatable bonds is 10. The summed E-state index contributed by atoms with van der Waals surface area (Å²) in [5.74, 6) is -2.41. The largest absolute Gasteiger partial charge is 0.481 e. The van der Waals surface area contributed by atoms with Gasteiger partial charge in [-0.25, -0.2) is 4.39 Å². The van der Waals surface area contributed by atoms with E-state index in [2.05, 4.69) is 25.8 Å². The van der Waals surface area contributed by atoms with E-state index < -0.39 is 11.9 Å². The number of aromatic nitrogens is 5. The molecule has 4 rings (SSSR count). The van der Waals surface area contributed by atoms with E-state index in [0.717, 1.165) is 22.2 Å². The average Bonchev–Trinajstić information content (AvgIpc) is 3.47. The minimum absolute atomic E-state index is 0.00766. The summed E-state index contributed by atoms with van der Waals surface area (Å²) in [5.41, 5.74) is 3.26. The molecule has 2 heterocycles. The molecule has 0 fully saturated rings. The van der Waals surface area contributed by atoms with Gasteiger partial charge in [-0.05, 0) is 36.6 Å². The van der Waals surface area contributed by atoms with Crippen LogP contribution in [0.25, 0.3) is 22.2 Å². The lowest BCUT2D eigenvalue weighted by Crippen LogP contribution is -2.34. The van der Waals surface area contributed by atoms with Gasteiger partial charge in [-0.1, -0.05) is 29.5 Å². The lowest BCUT2D eigenvalue weighted by Gasteiger charge is -2.13. The maximum absolute atomic E-state index is 13.0. The SMILES string of the molecule is O=C(CCCn1cc(-c2cccc3[nH]ncc23)nn1)NCC(Cc1ccc(F)cc1)C(=O)O. The number of carboxylic acid groups (broad SMARTS) is 1.